The molecule has 0 saturated heterocycles. The highest BCUT2D eigenvalue weighted by molar-refractivity contribution is 6.20. The van der Waals surface area contributed by atoms with E-state index in [9.17, 15) is 0 Å². The van der Waals surface area contributed by atoms with Gasteiger partial charge in [-0.1, -0.05) is 50.7 Å². The van der Waals surface area contributed by atoms with Crippen LogP contribution in [0.4, 0.5) is 0 Å². The summed E-state index contributed by atoms with van der Waals surface area (Å²) in [5.74, 6) is 1.80. The third kappa shape index (κ3) is 3.91. The predicted molar refractivity (Wildman–Crippen MR) is 86.9 cm³/mol. The van der Waals surface area contributed by atoms with Gasteiger partial charge in [0.25, 0.3) is 0 Å². The monoisotopic (exact) mass is 294 g/mol. The van der Waals surface area contributed by atoms with Gasteiger partial charge in [-0.25, -0.2) is 0 Å². The highest BCUT2D eigenvalue weighted by Gasteiger charge is 2.19. The maximum absolute atomic E-state index is 6.69. The summed E-state index contributed by atoms with van der Waals surface area (Å²) in [6.07, 6.45) is 9.42. The number of alkyl halides is 1. The van der Waals surface area contributed by atoms with Gasteiger partial charge in [-0.15, -0.1) is 11.6 Å². The van der Waals surface area contributed by atoms with E-state index in [2.05, 4.69) is 26.0 Å². The summed E-state index contributed by atoms with van der Waals surface area (Å²) in [5.41, 5.74) is 3.63. The number of hydrogen-bond donors (Lipinski definition) is 0. The zero-order valence-corrected chi connectivity index (χ0v) is 13.8. The Morgan fingerprint density at radius 3 is 2.15 bits per heavy atom. The van der Waals surface area contributed by atoms with Crippen molar-refractivity contribution < 1.29 is 4.74 Å². The van der Waals surface area contributed by atoms with E-state index >= 15 is 0 Å². The van der Waals surface area contributed by atoms with Crippen molar-refractivity contribution in [1.29, 1.82) is 0 Å². The van der Waals surface area contributed by atoms with Crippen LogP contribution >= 0.6 is 11.6 Å². The average molecular weight is 295 g/mol. The zero-order chi connectivity index (χ0) is 14.5. The van der Waals surface area contributed by atoms with Gasteiger partial charge in [0.05, 0.1) is 12.5 Å². The number of ether oxygens (including phenoxy) is 1. The Labute approximate surface area is 128 Å². The second-order valence-corrected chi connectivity index (χ2v) is 6.78. The molecule has 1 aliphatic rings. The van der Waals surface area contributed by atoms with Gasteiger partial charge in [-0.2, -0.15) is 0 Å². The molecule has 1 aromatic rings. The Morgan fingerprint density at radius 1 is 1.10 bits per heavy atom. The first-order chi connectivity index (χ1) is 9.61. The Bertz CT molecular complexity index is 410. The molecule has 1 aromatic carbocycles. The van der Waals surface area contributed by atoms with Gasteiger partial charge in [-0.3, -0.25) is 0 Å². The van der Waals surface area contributed by atoms with E-state index < -0.39 is 0 Å². The molecular weight excluding hydrogens is 268 g/mol. The summed E-state index contributed by atoms with van der Waals surface area (Å²) in [4.78, 5) is 0. The number of benzene rings is 1. The van der Waals surface area contributed by atoms with Crippen LogP contribution < -0.4 is 4.74 Å². The van der Waals surface area contributed by atoms with Crippen LogP contribution in [0.15, 0.2) is 12.1 Å². The van der Waals surface area contributed by atoms with Crippen LogP contribution in [-0.2, 0) is 0 Å². The summed E-state index contributed by atoms with van der Waals surface area (Å²) in [5, 5.41) is 0.140. The fourth-order valence-electron chi connectivity index (χ4n) is 3.51. The van der Waals surface area contributed by atoms with E-state index in [1.54, 1.807) is 7.11 Å². The first-order valence-corrected chi connectivity index (χ1v) is 8.34. The van der Waals surface area contributed by atoms with Crippen LogP contribution in [-0.4, -0.2) is 7.11 Å². The molecule has 1 atom stereocenters. The second-order valence-electron chi connectivity index (χ2n) is 6.25. The number of rotatable bonds is 4. The fourth-order valence-corrected chi connectivity index (χ4v) is 3.89. The maximum Gasteiger partial charge on any atom is 0.124 e. The predicted octanol–water partition coefficient (Wildman–Crippen LogP) is 5.95. The van der Waals surface area contributed by atoms with Crippen LogP contribution in [0, 0.1) is 19.8 Å². The number of aryl methyl sites for hydroxylation is 2. The molecular formula is C18H27ClO. The highest BCUT2D eigenvalue weighted by Crippen LogP contribution is 2.36. The molecule has 1 aliphatic carbocycles. The fraction of sp³-hybridized carbons (Fsp3) is 0.667. The number of halogens is 1. The maximum atomic E-state index is 6.69. The van der Waals surface area contributed by atoms with E-state index in [-0.39, 0.29) is 5.38 Å². The molecule has 1 fully saturated rings. The molecule has 0 aliphatic heterocycles. The minimum absolute atomic E-state index is 0.140. The molecule has 1 nitrogen and oxygen atoms in total. The summed E-state index contributed by atoms with van der Waals surface area (Å²) >= 11 is 6.69. The molecule has 0 amide bonds. The lowest BCUT2D eigenvalue weighted by Gasteiger charge is -2.20. The van der Waals surface area contributed by atoms with Crippen LogP contribution in [0.25, 0.3) is 0 Å². The summed E-state index contributed by atoms with van der Waals surface area (Å²) in [6, 6.07) is 4.39. The van der Waals surface area contributed by atoms with Crippen molar-refractivity contribution in [2.45, 2.75) is 64.2 Å². The van der Waals surface area contributed by atoms with Gasteiger partial charge >= 0.3 is 0 Å². The molecule has 0 aromatic heterocycles. The van der Waals surface area contributed by atoms with Gasteiger partial charge < -0.3 is 4.74 Å². The first kappa shape index (κ1) is 15.7. The molecule has 112 valence electrons. The third-order valence-electron chi connectivity index (χ3n) is 4.56. The van der Waals surface area contributed by atoms with E-state index in [1.165, 1.54) is 55.2 Å². The lowest BCUT2D eigenvalue weighted by molar-refractivity contribution is 0.407. The van der Waals surface area contributed by atoms with Crippen LogP contribution in [0.2, 0.25) is 0 Å². The Balaban J connectivity index is 2.06. The van der Waals surface area contributed by atoms with Crippen molar-refractivity contribution in [2.75, 3.05) is 7.11 Å². The summed E-state index contributed by atoms with van der Waals surface area (Å²) < 4.78 is 5.43. The van der Waals surface area contributed by atoms with Crippen molar-refractivity contribution in [3.8, 4) is 5.75 Å². The second kappa shape index (κ2) is 7.36. The Kier molecular flexibility index (Phi) is 5.77. The van der Waals surface area contributed by atoms with Crippen LogP contribution in [0.3, 0.4) is 0 Å². The smallest absolute Gasteiger partial charge is 0.124 e. The zero-order valence-electron chi connectivity index (χ0n) is 13.0. The molecule has 0 N–H and O–H groups in total. The third-order valence-corrected chi connectivity index (χ3v) is 4.99. The largest absolute Gasteiger partial charge is 0.496 e. The van der Waals surface area contributed by atoms with Gasteiger partial charge in [-0.05, 0) is 42.9 Å². The molecule has 0 radical (unpaired) electrons. The topological polar surface area (TPSA) is 9.23 Å². The number of hydrogen-bond acceptors (Lipinski definition) is 1. The van der Waals surface area contributed by atoms with Crippen molar-refractivity contribution in [3.63, 3.8) is 0 Å². The summed E-state index contributed by atoms with van der Waals surface area (Å²) in [6.45, 7) is 4.20. The van der Waals surface area contributed by atoms with Crippen molar-refractivity contribution in [1.82, 2.24) is 0 Å². The summed E-state index contributed by atoms with van der Waals surface area (Å²) in [7, 11) is 1.73. The molecule has 20 heavy (non-hydrogen) atoms. The normalized spacial score (nSPS) is 18.6. The molecule has 1 unspecified atom stereocenters. The van der Waals surface area contributed by atoms with Crippen molar-refractivity contribution in [2.24, 2.45) is 5.92 Å². The lowest BCUT2D eigenvalue weighted by Crippen LogP contribution is -2.04. The molecule has 2 rings (SSSR count). The quantitative estimate of drug-likeness (QED) is 0.492. The van der Waals surface area contributed by atoms with E-state index in [0.717, 1.165) is 18.1 Å². The van der Waals surface area contributed by atoms with Gasteiger partial charge in [0, 0.05) is 0 Å². The SMILES string of the molecule is COc1c(C)cc(C(Cl)CC2CCCCCC2)cc1C. The van der Waals surface area contributed by atoms with Gasteiger partial charge in [0.2, 0.25) is 0 Å². The van der Waals surface area contributed by atoms with Crippen LogP contribution in [0.5, 0.6) is 5.75 Å². The minimum atomic E-state index is 0.140. The minimum Gasteiger partial charge on any atom is -0.496 e. The van der Waals surface area contributed by atoms with Crippen LogP contribution in [0.1, 0.15) is 67.0 Å². The first-order valence-electron chi connectivity index (χ1n) is 7.91. The molecule has 1 saturated carbocycles. The highest BCUT2D eigenvalue weighted by atomic mass is 35.5. The molecule has 0 bridgehead atoms. The number of methoxy groups -OCH3 is 1. The molecule has 2 heteroatoms. The Morgan fingerprint density at radius 2 is 1.65 bits per heavy atom. The average Bonchev–Trinajstić information content (AvgIpc) is 2.67. The molecule has 0 spiro atoms. The molecule has 0 heterocycles. The van der Waals surface area contributed by atoms with Crippen molar-refractivity contribution >= 4 is 11.6 Å². The van der Waals surface area contributed by atoms with Crippen molar-refractivity contribution in [3.05, 3.63) is 28.8 Å². The Hall–Kier alpha value is -0.690. The van der Waals surface area contributed by atoms with Gasteiger partial charge in [0.1, 0.15) is 5.75 Å². The van der Waals surface area contributed by atoms with E-state index in [4.69, 9.17) is 16.3 Å². The van der Waals surface area contributed by atoms with E-state index in [0.29, 0.717) is 0 Å². The lowest BCUT2D eigenvalue weighted by atomic mass is 9.91. The standard InChI is InChI=1S/C18H27ClO/c1-13-10-16(11-14(2)18(13)20-3)17(19)12-15-8-6-4-5-7-9-15/h10-11,15,17H,4-9,12H2,1-3H3. The van der Waals surface area contributed by atoms with E-state index in [1.807, 2.05) is 0 Å². The van der Waals surface area contributed by atoms with Gasteiger partial charge in [0.15, 0.2) is 0 Å².